The summed E-state index contributed by atoms with van der Waals surface area (Å²) in [6.45, 7) is 7.95. The number of amides is 1. The fourth-order valence-corrected chi connectivity index (χ4v) is 2.89. The van der Waals surface area contributed by atoms with Gasteiger partial charge in [0, 0.05) is 43.8 Å². The first-order chi connectivity index (χ1) is 12.6. The van der Waals surface area contributed by atoms with Crippen molar-refractivity contribution in [3.63, 3.8) is 0 Å². The Morgan fingerprint density at radius 2 is 1.93 bits per heavy atom. The van der Waals surface area contributed by atoms with Gasteiger partial charge in [0.05, 0.1) is 0 Å². The van der Waals surface area contributed by atoms with Crippen LogP contribution in [0.3, 0.4) is 0 Å². The summed E-state index contributed by atoms with van der Waals surface area (Å²) in [6.07, 6.45) is 4.69. The van der Waals surface area contributed by atoms with Crippen molar-refractivity contribution in [1.82, 2.24) is 10.6 Å². The van der Waals surface area contributed by atoms with Crippen LogP contribution in [0.15, 0.2) is 12.2 Å². The average molecular weight is 404 g/mol. The van der Waals surface area contributed by atoms with Gasteiger partial charge in [-0.15, -0.1) is 0 Å². The summed E-state index contributed by atoms with van der Waals surface area (Å²) in [7, 11) is 0. The van der Waals surface area contributed by atoms with E-state index in [1.165, 1.54) is 0 Å². The number of aliphatic hydroxyl groups excluding tert-OH is 1. The van der Waals surface area contributed by atoms with Crippen LogP contribution in [0.5, 0.6) is 0 Å². The summed E-state index contributed by atoms with van der Waals surface area (Å²) >= 11 is 4.18. The van der Waals surface area contributed by atoms with E-state index in [2.05, 4.69) is 37.1 Å². The third-order valence-electron chi connectivity index (χ3n) is 4.99. The number of aliphatic hydroxyl groups is 1. The molecule has 7 nitrogen and oxygen atoms in total. The summed E-state index contributed by atoms with van der Waals surface area (Å²) in [5.41, 5.74) is 4.43. The monoisotopic (exact) mass is 403 g/mol. The van der Waals surface area contributed by atoms with E-state index >= 15 is 0 Å². The van der Waals surface area contributed by atoms with E-state index in [0.717, 1.165) is 6.42 Å². The Morgan fingerprint density at radius 1 is 1.30 bits per heavy atom. The zero-order valence-electron chi connectivity index (χ0n) is 16.9. The van der Waals surface area contributed by atoms with Crippen LogP contribution >= 0.6 is 12.6 Å². The molecule has 0 aromatic heterocycles. The number of aliphatic carboxylic acids is 1. The molecule has 0 bridgehead atoms. The third-order valence-corrected chi connectivity index (χ3v) is 5.46. The van der Waals surface area contributed by atoms with Crippen molar-refractivity contribution in [1.29, 1.82) is 0 Å². The fourth-order valence-electron chi connectivity index (χ4n) is 2.77. The van der Waals surface area contributed by atoms with Crippen LogP contribution in [0.25, 0.3) is 0 Å². The van der Waals surface area contributed by atoms with Crippen molar-refractivity contribution >= 4 is 24.5 Å². The SMILES string of the molecule is CC[C@H](C)[C@@H](C=CCC(=O)N[C@@](CCO)(C(=O)O)C(C)C)NC[C@@H](N)CS. The van der Waals surface area contributed by atoms with Crippen LogP contribution in [0, 0.1) is 11.8 Å². The maximum absolute atomic E-state index is 12.3. The molecule has 0 spiro atoms. The molecule has 0 radical (unpaired) electrons. The van der Waals surface area contributed by atoms with Gasteiger partial charge in [-0.05, 0) is 11.8 Å². The maximum atomic E-state index is 12.3. The number of carbonyl (C=O) groups is 2. The molecule has 0 fully saturated rings. The first-order valence-electron chi connectivity index (χ1n) is 9.56. The predicted molar refractivity (Wildman–Crippen MR) is 112 cm³/mol. The molecule has 0 unspecified atom stereocenters. The molecule has 1 amide bonds. The summed E-state index contributed by atoms with van der Waals surface area (Å²) in [4.78, 5) is 24.0. The highest BCUT2D eigenvalue weighted by atomic mass is 32.1. The molecule has 4 atom stereocenters. The van der Waals surface area contributed by atoms with Gasteiger partial charge in [-0.3, -0.25) is 4.79 Å². The second kappa shape index (κ2) is 13.1. The Balaban J connectivity index is 4.96. The zero-order valence-corrected chi connectivity index (χ0v) is 17.8. The minimum atomic E-state index is -1.46. The van der Waals surface area contributed by atoms with Crippen LogP contribution < -0.4 is 16.4 Å². The standard InChI is InChI=1S/C19H37N3O4S/c1-5-14(4)16(21-11-15(20)12-27)7-6-8-17(24)22-19(9-10-23,13(2)3)18(25)26/h6-7,13-16,21,23,27H,5,8-12,20H2,1-4H3,(H,22,24)(H,25,26)/t14-,15+,16+,19+/m0/s1. The van der Waals surface area contributed by atoms with Crippen LogP contribution in [-0.4, -0.2) is 58.6 Å². The minimum absolute atomic E-state index is 0.0336. The van der Waals surface area contributed by atoms with Gasteiger partial charge in [0.2, 0.25) is 5.91 Å². The quantitative estimate of drug-likeness (QED) is 0.191. The van der Waals surface area contributed by atoms with E-state index in [1.807, 2.05) is 6.08 Å². The van der Waals surface area contributed by atoms with Crippen molar-refractivity contribution in [3.8, 4) is 0 Å². The number of hydrogen-bond acceptors (Lipinski definition) is 6. The Morgan fingerprint density at radius 3 is 2.37 bits per heavy atom. The zero-order chi connectivity index (χ0) is 21.0. The summed E-state index contributed by atoms with van der Waals surface area (Å²) in [5.74, 6) is -0.926. The van der Waals surface area contributed by atoms with Gasteiger partial charge >= 0.3 is 5.97 Å². The second-order valence-electron chi connectivity index (χ2n) is 7.35. The molecule has 0 rings (SSSR count). The van der Waals surface area contributed by atoms with Crippen molar-refractivity contribution in [2.45, 2.75) is 64.6 Å². The van der Waals surface area contributed by atoms with Gasteiger partial charge in [-0.2, -0.15) is 12.6 Å². The van der Waals surface area contributed by atoms with Crippen molar-refractivity contribution in [2.24, 2.45) is 17.6 Å². The average Bonchev–Trinajstić information content (AvgIpc) is 2.62. The van der Waals surface area contributed by atoms with E-state index < -0.39 is 11.5 Å². The van der Waals surface area contributed by atoms with Gasteiger partial charge in [0.25, 0.3) is 0 Å². The molecule has 0 aliphatic heterocycles. The fraction of sp³-hybridized carbons (Fsp3) is 0.789. The molecule has 27 heavy (non-hydrogen) atoms. The van der Waals surface area contributed by atoms with Gasteiger partial charge in [-0.1, -0.05) is 46.3 Å². The van der Waals surface area contributed by atoms with Crippen LogP contribution in [0.2, 0.25) is 0 Å². The van der Waals surface area contributed by atoms with Crippen molar-refractivity contribution in [2.75, 3.05) is 18.9 Å². The molecule has 0 saturated carbocycles. The summed E-state index contributed by atoms with van der Waals surface area (Å²) < 4.78 is 0. The molecule has 0 aliphatic rings. The first kappa shape index (κ1) is 25.9. The number of thiol groups is 1. The van der Waals surface area contributed by atoms with Crippen LogP contribution in [-0.2, 0) is 9.59 Å². The van der Waals surface area contributed by atoms with Crippen LogP contribution in [0.1, 0.15) is 47.0 Å². The smallest absolute Gasteiger partial charge is 0.329 e. The Labute approximate surface area is 168 Å². The normalized spacial score (nSPS) is 17.5. The number of carboxylic acid groups (broad SMARTS) is 1. The summed E-state index contributed by atoms with van der Waals surface area (Å²) in [5, 5.41) is 24.8. The lowest BCUT2D eigenvalue weighted by molar-refractivity contribution is -0.150. The molecular weight excluding hydrogens is 366 g/mol. The van der Waals surface area contributed by atoms with Crippen LogP contribution in [0.4, 0.5) is 0 Å². The number of nitrogens with two attached hydrogens (primary N) is 1. The Hall–Kier alpha value is -1.09. The molecule has 158 valence electrons. The summed E-state index contributed by atoms with van der Waals surface area (Å²) in [6, 6.07) is 0.0257. The lowest BCUT2D eigenvalue weighted by Crippen LogP contribution is -2.58. The molecule has 0 saturated heterocycles. The van der Waals surface area contributed by atoms with Gasteiger partial charge in [0.1, 0.15) is 5.54 Å². The number of carboxylic acids is 1. The van der Waals surface area contributed by atoms with Gasteiger partial charge < -0.3 is 26.6 Å². The molecule has 0 heterocycles. The van der Waals surface area contributed by atoms with Gasteiger partial charge in [0.15, 0.2) is 0 Å². The van der Waals surface area contributed by atoms with E-state index in [-0.39, 0.29) is 43.4 Å². The topological polar surface area (TPSA) is 125 Å². The molecule has 0 aromatic carbocycles. The highest BCUT2D eigenvalue weighted by molar-refractivity contribution is 7.80. The highest BCUT2D eigenvalue weighted by Gasteiger charge is 2.42. The molecular formula is C19H37N3O4S. The van der Waals surface area contributed by atoms with Crippen molar-refractivity contribution in [3.05, 3.63) is 12.2 Å². The minimum Gasteiger partial charge on any atom is -0.479 e. The maximum Gasteiger partial charge on any atom is 0.329 e. The number of nitrogens with one attached hydrogen (secondary N) is 2. The third kappa shape index (κ3) is 8.64. The first-order valence-corrected chi connectivity index (χ1v) is 10.2. The molecule has 6 N–H and O–H groups in total. The predicted octanol–water partition coefficient (Wildman–Crippen LogP) is 1.17. The largest absolute Gasteiger partial charge is 0.479 e. The number of rotatable bonds is 14. The highest BCUT2D eigenvalue weighted by Crippen LogP contribution is 2.22. The second-order valence-corrected chi connectivity index (χ2v) is 7.71. The van der Waals surface area contributed by atoms with E-state index in [0.29, 0.717) is 18.2 Å². The molecule has 8 heteroatoms. The number of hydrogen-bond donors (Lipinski definition) is 6. The Kier molecular flexibility index (Phi) is 12.6. The number of carbonyl (C=O) groups excluding carboxylic acids is 1. The lowest BCUT2D eigenvalue weighted by Gasteiger charge is -2.33. The van der Waals surface area contributed by atoms with Gasteiger partial charge in [-0.25, -0.2) is 4.79 Å². The molecule has 0 aromatic rings. The molecule has 0 aliphatic carbocycles. The Bertz CT molecular complexity index is 488. The van der Waals surface area contributed by atoms with Crippen molar-refractivity contribution < 1.29 is 19.8 Å². The lowest BCUT2D eigenvalue weighted by atomic mass is 9.83. The van der Waals surface area contributed by atoms with E-state index in [9.17, 15) is 19.8 Å². The van der Waals surface area contributed by atoms with E-state index in [1.54, 1.807) is 19.9 Å². The van der Waals surface area contributed by atoms with E-state index in [4.69, 9.17) is 5.73 Å².